The molecule has 2 aliphatic rings. The molecule has 0 aromatic heterocycles. The molecule has 2 fully saturated rings. The zero-order valence-corrected chi connectivity index (χ0v) is 22.3. The molecule has 9 heteroatoms. The van der Waals surface area contributed by atoms with Crippen LogP contribution < -0.4 is 16.2 Å². The van der Waals surface area contributed by atoms with Gasteiger partial charge in [0.15, 0.2) is 0 Å². The molecule has 204 valence electrons. The summed E-state index contributed by atoms with van der Waals surface area (Å²) in [6.45, 7) is 7.54. The molecular formula is C29H37FN4O4. The molecule has 2 heterocycles. The van der Waals surface area contributed by atoms with Crippen LogP contribution in [0, 0.1) is 24.6 Å². The summed E-state index contributed by atoms with van der Waals surface area (Å²) in [6, 6.07) is 10.7. The Balaban J connectivity index is 1.43. The predicted molar refractivity (Wildman–Crippen MR) is 141 cm³/mol. The average Bonchev–Trinajstić information content (AvgIpc) is 3.23. The minimum Gasteiger partial charge on any atom is -0.391 e. The van der Waals surface area contributed by atoms with Gasteiger partial charge in [-0.25, -0.2) is 9.82 Å². The number of benzene rings is 2. The summed E-state index contributed by atoms with van der Waals surface area (Å²) in [4.78, 5) is 40.1. The zero-order valence-electron chi connectivity index (χ0n) is 22.3. The first-order valence-corrected chi connectivity index (χ1v) is 13.2. The third kappa shape index (κ3) is 6.05. The fourth-order valence-corrected chi connectivity index (χ4v) is 5.74. The van der Waals surface area contributed by atoms with Crippen molar-refractivity contribution in [1.82, 2.24) is 21.1 Å². The lowest BCUT2D eigenvalue weighted by atomic mass is 9.89. The van der Waals surface area contributed by atoms with E-state index in [2.05, 4.69) is 16.2 Å². The molecule has 2 aromatic carbocycles. The molecule has 0 radical (unpaired) electrons. The first-order valence-electron chi connectivity index (χ1n) is 13.2. The van der Waals surface area contributed by atoms with Gasteiger partial charge < -0.3 is 15.3 Å². The van der Waals surface area contributed by atoms with Gasteiger partial charge in [0.25, 0.3) is 5.91 Å². The third-order valence-corrected chi connectivity index (χ3v) is 7.64. The normalized spacial score (nSPS) is 25.4. The molecule has 3 amide bonds. The number of carbonyl (C=O) groups excluding carboxylic acids is 3. The van der Waals surface area contributed by atoms with E-state index in [4.69, 9.17) is 0 Å². The number of amides is 3. The number of nitrogens with zero attached hydrogens (tertiary/aromatic N) is 1. The Bertz CT molecular complexity index is 1200. The van der Waals surface area contributed by atoms with Crippen LogP contribution in [0.1, 0.15) is 66.7 Å². The number of hydrazine groups is 1. The van der Waals surface area contributed by atoms with Crippen LogP contribution in [0.2, 0.25) is 0 Å². The molecule has 5 atom stereocenters. The SMILES string of the molecule is Cc1cc(C(=O)NCC(=O)N2[C@H](c3cccc(F)c3)C[C@H](O)[C@@H]2C(C)C)ccc1CC1CC(C)NNC1=O. The van der Waals surface area contributed by atoms with E-state index in [9.17, 15) is 23.9 Å². The number of aryl methyl sites for hydroxylation is 1. The molecule has 0 spiro atoms. The minimum atomic E-state index is -0.747. The molecule has 0 saturated carbocycles. The van der Waals surface area contributed by atoms with E-state index < -0.39 is 24.0 Å². The Hall–Kier alpha value is -3.30. The highest BCUT2D eigenvalue weighted by atomic mass is 19.1. The summed E-state index contributed by atoms with van der Waals surface area (Å²) in [6.07, 6.45) is 0.873. The lowest BCUT2D eigenvalue weighted by Gasteiger charge is -2.33. The van der Waals surface area contributed by atoms with E-state index >= 15 is 0 Å². The third-order valence-electron chi connectivity index (χ3n) is 7.64. The molecular weight excluding hydrogens is 487 g/mol. The van der Waals surface area contributed by atoms with Crippen LogP contribution in [0.15, 0.2) is 42.5 Å². The van der Waals surface area contributed by atoms with Crippen LogP contribution in [-0.2, 0) is 16.0 Å². The first kappa shape index (κ1) is 27.7. The van der Waals surface area contributed by atoms with Gasteiger partial charge in [0.05, 0.1) is 24.7 Å². The highest BCUT2D eigenvalue weighted by molar-refractivity contribution is 5.96. The highest BCUT2D eigenvalue weighted by Gasteiger charge is 2.45. The highest BCUT2D eigenvalue weighted by Crippen LogP contribution is 2.39. The predicted octanol–water partition coefficient (Wildman–Crippen LogP) is 2.79. The molecule has 38 heavy (non-hydrogen) atoms. The number of carbonyl (C=O) groups is 3. The molecule has 0 bridgehead atoms. The number of likely N-dealkylation sites (tertiary alicyclic amines) is 1. The van der Waals surface area contributed by atoms with Gasteiger partial charge in [-0.1, -0.05) is 32.0 Å². The van der Waals surface area contributed by atoms with Gasteiger partial charge in [-0.2, -0.15) is 0 Å². The van der Waals surface area contributed by atoms with Crippen LogP contribution in [-0.4, -0.2) is 52.5 Å². The van der Waals surface area contributed by atoms with Crippen molar-refractivity contribution in [2.45, 2.75) is 71.2 Å². The maximum Gasteiger partial charge on any atom is 0.251 e. The second-order valence-corrected chi connectivity index (χ2v) is 10.9. The maximum atomic E-state index is 13.9. The van der Waals surface area contributed by atoms with Gasteiger partial charge >= 0.3 is 0 Å². The van der Waals surface area contributed by atoms with Crippen LogP contribution in [0.5, 0.6) is 0 Å². The number of rotatable bonds is 7. The number of nitrogens with one attached hydrogen (secondary N) is 3. The van der Waals surface area contributed by atoms with E-state index in [-0.39, 0.29) is 42.1 Å². The van der Waals surface area contributed by atoms with Gasteiger partial charge in [-0.05, 0) is 80.0 Å². The fourth-order valence-electron chi connectivity index (χ4n) is 5.74. The zero-order chi connectivity index (χ0) is 27.6. The van der Waals surface area contributed by atoms with Gasteiger partial charge in [0.2, 0.25) is 11.8 Å². The molecule has 2 unspecified atom stereocenters. The topological polar surface area (TPSA) is 111 Å². The first-order chi connectivity index (χ1) is 18.0. The summed E-state index contributed by atoms with van der Waals surface area (Å²) in [5, 5.41) is 13.5. The average molecular weight is 525 g/mol. The van der Waals surface area contributed by atoms with Crippen LogP contribution in [0.3, 0.4) is 0 Å². The fraction of sp³-hybridized carbons (Fsp3) is 0.483. The number of aliphatic hydroxyl groups is 1. The van der Waals surface area contributed by atoms with Gasteiger partial charge in [0, 0.05) is 17.5 Å². The molecule has 8 nitrogen and oxygen atoms in total. The Labute approximate surface area is 223 Å². The standard InChI is InChI=1S/C29H37FN4O4/c1-16(2)27-25(35)14-24(20-6-5-7-23(30)13-20)34(27)26(36)15-31-28(37)21-9-8-19(17(3)10-21)12-22-11-18(4)32-33-29(22)38/h5-10,13,16,18,22,24-25,27,32,35H,11-12,14-15H2,1-4H3,(H,31,37)(H,33,38)/t18?,22?,24-,25-,27-/m0/s1. The second kappa shape index (κ2) is 11.6. The molecule has 2 aliphatic heterocycles. The van der Waals surface area contributed by atoms with Crippen molar-refractivity contribution in [1.29, 1.82) is 0 Å². The lowest BCUT2D eigenvalue weighted by molar-refractivity contribution is -0.135. The van der Waals surface area contributed by atoms with E-state index in [1.807, 2.05) is 33.8 Å². The number of hydrogen-bond acceptors (Lipinski definition) is 5. The van der Waals surface area contributed by atoms with E-state index in [1.165, 1.54) is 12.1 Å². The van der Waals surface area contributed by atoms with Crippen molar-refractivity contribution in [2.75, 3.05) is 6.54 Å². The van der Waals surface area contributed by atoms with Crippen LogP contribution >= 0.6 is 0 Å². The molecule has 2 aromatic rings. The van der Waals surface area contributed by atoms with Crippen molar-refractivity contribution < 1.29 is 23.9 Å². The summed E-state index contributed by atoms with van der Waals surface area (Å²) in [5.74, 6) is -1.32. The molecule has 0 aliphatic carbocycles. The Morgan fingerprint density at radius 1 is 1.18 bits per heavy atom. The Kier molecular flexibility index (Phi) is 8.47. The van der Waals surface area contributed by atoms with Gasteiger partial charge in [-0.15, -0.1) is 0 Å². The lowest BCUT2D eigenvalue weighted by Crippen LogP contribution is -2.52. The maximum absolute atomic E-state index is 13.9. The van der Waals surface area contributed by atoms with E-state index in [0.29, 0.717) is 24.0 Å². The van der Waals surface area contributed by atoms with Gasteiger partial charge in [-0.3, -0.25) is 19.8 Å². The Morgan fingerprint density at radius 2 is 1.95 bits per heavy atom. The summed E-state index contributed by atoms with van der Waals surface area (Å²) in [5.41, 5.74) is 8.59. The Morgan fingerprint density at radius 3 is 2.63 bits per heavy atom. The monoisotopic (exact) mass is 524 g/mol. The van der Waals surface area contributed by atoms with Crippen molar-refractivity contribution in [3.63, 3.8) is 0 Å². The minimum absolute atomic E-state index is 0.0246. The molecule has 4 N–H and O–H groups in total. The largest absolute Gasteiger partial charge is 0.391 e. The van der Waals surface area contributed by atoms with Crippen LogP contribution in [0.25, 0.3) is 0 Å². The van der Waals surface area contributed by atoms with Gasteiger partial charge in [0.1, 0.15) is 5.82 Å². The molecule has 2 saturated heterocycles. The summed E-state index contributed by atoms with van der Waals surface area (Å²) >= 11 is 0. The van der Waals surface area contributed by atoms with Crippen molar-refractivity contribution in [2.24, 2.45) is 11.8 Å². The second-order valence-electron chi connectivity index (χ2n) is 10.9. The van der Waals surface area contributed by atoms with E-state index in [0.717, 1.165) is 17.5 Å². The van der Waals surface area contributed by atoms with Crippen molar-refractivity contribution in [3.05, 3.63) is 70.5 Å². The quantitative estimate of drug-likeness (QED) is 0.445. The number of halogens is 1. The molecule has 4 rings (SSSR count). The number of hydrogen-bond donors (Lipinski definition) is 4. The van der Waals surface area contributed by atoms with Crippen molar-refractivity contribution >= 4 is 17.7 Å². The smallest absolute Gasteiger partial charge is 0.251 e. The summed E-state index contributed by atoms with van der Waals surface area (Å²) in [7, 11) is 0. The number of aliphatic hydroxyl groups excluding tert-OH is 1. The van der Waals surface area contributed by atoms with E-state index in [1.54, 1.807) is 29.2 Å². The van der Waals surface area contributed by atoms with Crippen LogP contribution in [0.4, 0.5) is 4.39 Å². The summed E-state index contributed by atoms with van der Waals surface area (Å²) < 4.78 is 13.9. The van der Waals surface area contributed by atoms with Crippen molar-refractivity contribution in [3.8, 4) is 0 Å².